The third-order valence-corrected chi connectivity index (χ3v) is 6.97. The molecule has 31 heavy (non-hydrogen) atoms. The van der Waals surface area contributed by atoms with Gasteiger partial charge in [0.1, 0.15) is 11.5 Å². The SMILES string of the molecule is O=P(O)(Oc1ccccc1)c1ccc[c-]1P(=O)(O)Oc1ccccc1.[Fe+2].c1cc[cH-]c1. The average molecular weight is 498 g/mol. The van der Waals surface area contributed by atoms with E-state index in [1.54, 1.807) is 36.4 Å². The molecule has 0 fully saturated rings. The molecule has 0 aromatic heterocycles. The fourth-order valence-corrected chi connectivity index (χ4v) is 5.59. The average Bonchev–Trinajstić information content (AvgIpc) is 3.44. The molecule has 0 heterocycles. The summed E-state index contributed by atoms with van der Waals surface area (Å²) in [6, 6.07) is 30.1. The molecule has 2 unspecified atom stereocenters. The van der Waals surface area contributed by atoms with Crippen LogP contribution in [0.2, 0.25) is 0 Å². The summed E-state index contributed by atoms with van der Waals surface area (Å²) >= 11 is 0. The molecule has 2 atom stereocenters. The van der Waals surface area contributed by atoms with E-state index in [2.05, 4.69) is 0 Å². The van der Waals surface area contributed by atoms with Gasteiger partial charge in [-0.3, -0.25) is 4.57 Å². The van der Waals surface area contributed by atoms with Crippen LogP contribution in [-0.2, 0) is 26.2 Å². The first-order valence-corrected chi connectivity index (χ1v) is 12.1. The van der Waals surface area contributed by atoms with Crippen molar-refractivity contribution in [3.05, 3.63) is 109 Å². The molecule has 6 nitrogen and oxygen atoms in total. The molecule has 4 rings (SSSR count). The van der Waals surface area contributed by atoms with Crippen molar-refractivity contribution in [1.29, 1.82) is 0 Å². The molecule has 4 aromatic carbocycles. The van der Waals surface area contributed by atoms with Crippen LogP contribution in [0.1, 0.15) is 0 Å². The molecule has 0 saturated heterocycles. The third kappa shape index (κ3) is 7.09. The van der Waals surface area contributed by atoms with Gasteiger partial charge in [-0.15, -0.1) is 0 Å². The van der Waals surface area contributed by atoms with Crippen molar-refractivity contribution < 1.29 is 45.0 Å². The van der Waals surface area contributed by atoms with E-state index in [9.17, 15) is 18.9 Å². The largest absolute Gasteiger partial charge is 2.00 e. The fourth-order valence-electron chi connectivity index (χ4n) is 2.55. The Labute approximate surface area is 191 Å². The molecule has 162 valence electrons. The maximum Gasteiger partial charge on any atom is 2.00 e. The summed E-state index contributed by atoms with van der Waals surface area (Å²) in [5.41, 5.74) is 0. The van der Waals surface area contributed by atoms with Gasteiger partial charge in [-0.05, 0) is 34.9 Å². The Kier molecular flexibility index (Phi) is 9.09. The van der Waals surface area contributed by atoms with Crippen molar-refractivity contribution in [2.24, 2.45) is 0 Å². The van der Waals surface area contributed by atoms with Crippen LogP contribution >= 0.6 is 15.2 Å². The Hall–Kier alpha value is -2.36. The molecule has 2 N–H and O–H groups in total. The molecule has 0 amide bonds. The maximum absolute atomic E-state index is 12.6. The molecule has 0 aliphatic heterocycles. The van der Waals surface area contributed by atoms with Crippen LogP contribution in [0.5, 0.6) is 11.5 Å². The number of hydrogen-bond donors (Lipinski definition) is 2. The zero-order chi connectivity index (χ0) is 21.5. The molecule has 0 radical (unpaired) electrons. The summed E-state index contributed by atoms with van der Waals surface area (Å²) in [5.74, 6) is 0.356. The summed E-state index contributed by atoms with van der Waals surface area (Å²) < 4.78 is 35.5. The zero-order valence-corrected chi connectivity index (χ0v) is 19.1. The summed E-state index contributed by atoms with van der Waals surface area (Å²) in [4.78, 5) is 20.6. The monoisotopic (exact) mass is 498 g/mol. The maximum atomic E-state index is 12.6. The normalized spacial score (nSPS) is 14.0. The van der Waals surface area contributed by atoms with E-state index in [1.807, 2.05) is 30.3 Å². The number of benzene rings is 2. The van der Waals surface area contributed by atoms with Gasteiger partial charge in [-0.1, -0.05) is 36.4 Å². The van der Waals surface area contributed by atoms with Crippen LogP contribution in [0.25, 0.3) is 0 Å². The van der Waals surface area contributed by atoms with Gasteiger partial charge in [-0.25, -0.2) is 22.8 Å². The Balaban J connectivity index is 0.000000501. The van der Waals surface area contributed by atoms with Gasteiger partial charge in [0.05, 0.1) is 0 Å². The van der Waals surface area contributed by atoms with E-state index in [-0.39, 0.29) is 39.2 Å². The van der Waals surface area contributed by atoms with Crippen LogP contribution in [0, 0.1) is 0 Å². The number of para-hydroxylation sites is 2. The van der Waals surface area contributed by atoms with Gasteiger partial charge >= 0.3 is 32.3 Å². The molecule has 0 aliphatic carbocycles. The van der Waals surface area contributed by atoms with Crippen LogP contribution in [0.15, 0.2) is 109 Å². The summed E-state index contributed by atoms with van der Waals surface area (Å²) in [7, 11) is -8.74. The fraction of sp³-hybridized carbons (Fsp3) is 0. The summed E-state index contributed by atoms with van der Waals surface area (Å²) in [6.07, 6.45) is 0. The molecule has 0 bridgehead atoms. The summed E-state index contributed by atoms with van der Waals surface area (Å²) in [5, 5.41) is -0.531. The van der Waals surface area contributed by atoms with Gasteiger partial charge < -0.3 is 18.8 Å². The van der Waals surface area contributed by atoms with Gasteiger partial charge in [-0.2, -0.15) is 30.3 Å². The van der Waals surface area contributed by atoms with Gasteiger partial charge in [0.25, 0.3) is 0 Å². The molecule has 0 saturated carbocycles. The Morgan fingerprint density at radius 3 is 1.71 bits per heavy atom. The third-order valence-electron chi connectivity index (χ3n) is 3.88. The van der Waals surface area contributed by atoms with E-state index in [4.69, 9.17) is 9.05 Å². The van der Waals surface area contributed by atoms with Gasteiger partial charge in [0, 0.05) is 0 Å². The van der Waals surface area contributed by atoms with E-state index >= 15 is 0 Å². The Bertz CT molecular complexity index is 1030. The molecular formula is C22H20FeO6P2. The van der Waals surface area contributed by atoms with Crippen molar-refractivity contribution >= 4 is 25.8 Å². The second kappa shape index (κ2) is 11.3. The van der Waals surface area contributed by atoms with Crippen LogP contribution in [-0.4, -0.2) is 9.79 Å². The molecule has 9 heteroatoms. The smallest absolute Gasteiger partial charge is 0.429 e. The van der Waals surface area contributed by atoms with Gasteiger partial charge in [0.2, 0.25) is 0 Å². The Morgan fingerprint density at radius 1 is 0.710 bits per heavy atom. The second-order valence-electron chi connectivity index (χ2n) is 6.11. The number of rotatable bonds is 6. The predicted octanol–water partition coefficient (Wildman–Crippen LogP) is 4.59. The zero-order valence-electron chi connectivity index (χ0n) is 16.2. The first kappa shape index (κ1) is 24.9. The minimum absolute atomic E-state index is 0. The molecule has 0 spiro atoms. The summed E-state index contributed by atoms with van der Waals surface area (Å²) in [6.45, 7) is 0. The minimum atomic E-state index is -4.37. The van der Waals surface area contributed by atoms with Crippen molar-refractivity contribution in [3.8, 4) is 11.5 Å². The molecule has 0 aliphatic rings. The first-order valence-electron chi connectivity index (χ1n) is 8.97. The predicted molar refractivity (Wildman–Crippen MR) is 117 cm³/mol. The van der Waals surface area contributed by atoms with E-state index in [0.29, 0.717) is 0 Å². The Morgan fingerprint density at radius 2 is 1.23 bits per heavy atom. The molecular weight excluding hydrogens is 478 g/mol. The first-order chi connectivity index (χ1) is 14.4. The van der Waals surface area contributed by atoms with Crippen LogP contribution < -0.4 is 19.7 Å². The van der Waals surface area contributed by atoms with Crippen molar-refractivity contribution in [2.45, 2.75) is 0 Å². The van der Waals surface area contributed by atoms with E-state index < -0.39 is 15.2 Å². The van der Waals surface area contributed by atoms with E-state index in [0.717, 1.165) is 0 Å². The topological polar surface area (TPSA) is 93.1 Å². The van der Waals surface area contributed by atoms with Crippen molar-refractivity contribution in [1.82, 2.24) is 0 Å². The quantitative estimate of drug-likeness (QED) is 0.230. The van der Waals surface area contributed by atoms with Crippen LogP contribution in [0.4, 0.5) is 0 Å². The molecule has 4 aromatic rings. The van der Waals surface area contributed by atoms with E-state index in [1.165, 1.54) is 42.5 Å². The minimum Gasteiger partial charge on any atom is -0.429 e. The van der Waals surface area contributed by atoms with Crippen molar-refractivity contribution in [3.63, 3.8) is 0 Å². The van der Waals surface area contributed by atoms with Gasteiger partial charge in [0.15, 0.2) is 0 Å². The second-order valence-corrected chi connectivity index (χ2v) is 9.52. The van der Waals surface area contributed by atoms with Crippen LogP contribution in [0.3, 0.4) is 0 Å². The van der Waals surface area contributed by atoms with Crippen molar-refractivity contribution in [2.75, 3.05) is 0 Å². The number of hydrogen-bond acceptors (Lipinski definition) is 4. The standard InChI is InChI=1S/C17H15O6P2.C5H5.Fe/c18-24(19,22-14-8-3-1-4-9-14)16-12-7-13-17(16)25(20,21)23-15-10-5-2-6-11-15;1-2-4-5-3-1;/h1-13H,(H,18,19)(H,20,21);1-5H;/q2*-1;+2.